The van der Waals surface area contributed by atoms with Gasteiger partial charge in [-0.15, -0.1) is 0 Å². The van der Waals surface area contributed by atoms with Crippen LogP contribution >= 0.6 is 0 Å². The van der Waals surface area contributed by atoms with Crippen LogP contribution in [0.5, 0.6) is 0 Å². The van der Waals surface area contributed by atoms with Crippen LogP contribution in [0.1, 0.15) is 486 Å². The van der Waals surface area contributed by atoms with Gasteiger partial charge in [0, 0.05) is 0 Å². The molecule has 0 saturated heterocycles. The second-order valence-electron chi connectivity index (χ2n) is 31.1. The van der Waals surface area contributed by atoms with Gasteiger partial charge in [-0.1, -0.05) is 454 Å². The molecule has 0 amide bonds. The molecule has 6 atom stereocenters. The Hall–Kier alpha value is 0. The highest BCUT2D eigenvalue weighted by Gasteiger charge is 2.26. The molecule has 0 aromatic heterocycles. The van der Waals surface area contributed by atoms with Crippen molar-refractivity contribution in [1.82, 2.24) is 0 Å². The van der Waals surface area contributed by atoms with Gasteiger partial charge in [-0.05, 0) is 115 Å². The van der Waals surface area contributed by atoms with Crippen LogP contribution in [0.2, 0.25) is 0 Å². The molecule has 0 N–H and O–H groups in total. The van der Waals surface area contributed by atoms with E-state index in [0.717, 1.165) is 82.9 Å². The Morgan fingerprint density at radius 3 is 0.598 bits per heavy atom. The second-order valence-corrected chi connectivity index (χ2v) is 31.1. The van der Waals surface area contributed by atoms with Gasteiger partial charge in [0.05, 0.1) is 0 Å². The Morgan fingerprint density at radius 1 is 0.230 bits per heavy atom. The fourth-order valence-corrected chi connectivity index (χ4v) is 9.74. The van der Waals surface area contributed by atoms with E-state index < -0.39 is 0 Å². The Bertz CT molecular complexity index is 937. The quantitative estimate of drug-likeness (QED) is 0.0799. The molecule has 0 aliphatic heterocycles. The van der Waals surface area contributed by atoms with Crippen molar-refractivity contribution in [3.8, 4) is 0 Å². The van der Waals surface area contributed by atoms with Gasteiger partial charge in [-0.3, -0.25) is 0 Å². The average Bonchev–Trinajstić information content (AvgIpc) is 4.03. The number of hydrogen-bond acceptors (Lipinski definition) is 0. The first-order chi connectivity index (χ1) is 41.0. The first kappa shape index (κ1) is 109. The van der Waals surface area contributed by atoms with E-state index in [-0.39, 0.29) is 0 Å². The van der Waals surface area contributed by atoms with Crippen molar-refractivity contribution >= 4 is 0 Å². The SMILES string of the molecule is CC(C)CC(C)C.CC1CC(C)C1.CC1CC1C.CC1CCC(C)C1.CC1CCC(C)CC1.CCC.CCC(C)C.CCCC.CCCC(C)C.CCCC(C)CC.CCCCC(C)CC.CCCCCC.CCCCCCC.CCCCCCCC. The first-order valence-electron chi connectivity index (χ1n) is 41.0. The summed E-state index contributed by atoms with van der Waals surface area (Å²) in [5, 5.41) is 0. The molecule has 0 heteroatoms. The van der Waals surface area contributed by atoms with Gasteiger partial charge in [-0.25, -0.2) is 0 Å². The summed E-state index contributed by atoms with van der Waals surface area (Å²) in [4.78, 5) is 0. The van der Waals surface area contributed by atoms with Crippen molar-refractivity contribution in [2.24, 2.45) is 82.9 Å². The molecule has 4 aliphatic carbocycles. The number of rotatable bonds is 25. The molecule has 4 saturated carbocycles. The molecule has 0 nitrogen and oxygen atoms in total. The normalized spacial score (nSPS) is 20.3. The summed E-state index contributed by atoms with van der Waals surface area (Å²) < 4.78 is 0. The van der Waals surface area contributed by atoms with E-state index in [1.807, 2.05) is 0 Å². The predicted octanol–water partition coefficient (Wildman–Crippen LogP) is 34.4. The fourth-order valence-electron chi connectivity index (χ4n) is 9.74. The van der Waals surface area contributed by atoms with Crippen LogP contribution in [-0.4, -0.2) is 0 Å². The summed E-state index contributed by atoms with van der Waals surface area (Å²) in [6.45, 7) is 76.8. The van der Waals surface area contributed by atoms with Crippen LogP contribution in [0.4, 0.5) is 0 Å². The lowest BCUT2D eigenvalue weighted by Crippen LogP contribution is -2.16. The Labute approximate surface area is 565 Å². The van der Waals surface area contributed by atoms with Crippen LogP contribution in [0.15, 0.2) is 0 Å². The van der Waals surface area contributed by atoms with Crippen LogP contribution in [0, 0.1) is 82.9 Å². The van der Waals surface area contributed by atoms with Crippen molar-refractivity contribution in [2.75, 3.05) is 0 Å². The first-order valence-corrected chi connectivity index (χ1v) is 41.0. The zero-order chi connectivity index (χ0) is 69.7. The van der Waals surface area contributed by atoms with Crippen LogP contribution in [-0.2, 0) is 0 Å². The summed E-state index contributed by atoms with van der Waals surface area (Å²) in [7, 11) is 0. The van der Waals surface area contributed by atoms with Crippen LogP contribution in [0.3, 0.4) is 0 Å². The largest absolute Gasteiger partial charge is 0.0656 e. The fraction of sp³-hybridized carbons (Fsp3) is 1.00. The van der Waals surface area contributed by atoms with Crippen LogP contribution in [0.25, 0.3) is 0 Å². The van der Waals surface area contributed by atoms with Gasteiger partial charge < -0.3 is 0 Å². The highest BCUT2D eigenvalue weighted by atomic mass is 14.3. The van der Waals surface area contributed by atoms with E-state index in [2.05, 4.69) is 235 Å². The maximum atomic E-state index is 2.37. The molecule has 0 aromatic rings. The van der Waals surface area contributed by atoms with Gasteiger partial charge >= 0.3 is 0 Å². The topological polar surface area (TPSA) is 0 Å². The molecule has 4 fully saturated rings. The second kappa shape index (κ2) is 94.7. The lowest BCUT2D eigenvalue weighted by atomic mass is 9.78. The third kappa shape index (κ3) is 139. The molecule has 87 heavy (non-hydrogen) atoms. The summed E-state index contributed by atoms with van der Waals surface area (Å²) in [5.41, 5.74) is 0. The van der Waals surface area contributed by atoms with Crippen LogP contribution < -0.4 is 0 Å². The Balaban J connectivity index is -0.0000000922. The van der Waals surface area contributed by atoms with Crippen molar-refractivity contribution in [3.05, 3.63) is 0 Å². The smallest absolute Gasteiger partial charge is 0.0414 e. The van der Waals surface area contributed by atoms with Crippen molar-refractivity contribution in [2.45, 2.75) is 486 Å². The summed E-state index contributed by atoms with van der Waals surface area (Å²) in [5.74, 6) is 13.7. The summed E-state index contributed by atoms with van der Waals surface area (Å²) in [6, 6.07) is 0. The molecule has 0 heterocycles. The van der Waals surface area contributed by atoms with Gasteiger partial charge in [0.2, 0.25) is 0 Å². The van der Waals surface area contributed by atoms with Crippen molar-refractivity contribution in [3.63, 3.8) is 0 Å². The number of hydrogen-bond donors (Lipinski definition) is 0. The minimum atomic E-state index is 0.875. The summed E-state index contributed by atoms with van der Waals surface area (Å²) in [6.07, 6.45) is 54.6. The predicted molar refractivity (Wildman–Crippen MR) is 422 cm³/mol. The summed E-state index contributed by atoms with van der Waals surface area (Å²) >= 11 is 0. The molecular formula is C87H194. The van der Waals surface area contributed by atoms with E-state index in [0.29, 0.717) is 0 Å². The molecular weight excluding hydrogens is 1040 g/mol. The zero-order valence-corrected chi connectivity index (χ0v) is 69.7. The zero-order valence-electron chi connectivity index (χ0n) is 69.7. The molecule has 0 radical (unpaired) electrons. The molecule has 4 rings (SSSR count). The average molecular weight is 1240 g/mol. The molecule has 4 aliphatic rings. The maximum Gasteiger partial charge on any atom is -0.0414 e. The highest BCUT2D eigenvalue weighted by Crippen LogP contribution is 2.36. The lowest BCUT2D eigenvalue weighted by molar-refractivity contribution is 0.233. The molecule has 0 aromatic carbocycles. The maximum absolute atomic E-state index is 2.37. The van der Waals surface area contributed by atoms with E-state index in [1.165, 1.54) is 250 Å². The third-order valence-electron chi connectivity index (χ3n) is 17.4. The molecule has 0 spiro atoms. The monoisotopic (exact) mass is 1240 g/mol. The number of unbranched alkanes of at least 4 members (excludes halogenated alkanes) is 14. The lowest BCUT2D eigenvalue weighted by Gasteiger charge is -2.28. The van der Waals surface area contributed by atoms with E-state index in [4.69, 9.17) is 0 Å². The van der Waals surface area contributed by atoms with E-state index >= 15 is 0 Å². The van der Waals surface area contributed by atoms with Gasteiger partial charge in [0.1, 0.15) is 0 Å². The molecule has 6 unspecified atom stereocenters. The van der Waals surface area contributed by atoms with Gasteiger partial charge in [0.15, 0.2) is 0 Å². The van der Waals surface area contributed by atoms with Crippen molar-refractivity contribution in [1.29, 1.82) is 0 Å². The highest BCUT2D eigenvalue weighted by molar-refractivity contribution is 4.77. The molecule has 0 bridgehead atoms. The standard InChI is InChI=1S/C8H16.2C8H18.C7H14.3C7H16.C6H12.2C6H14.C5H10.C5H12.C4H10.C3H8/c1-7-3-5-8(2)6-4-7;1-4-6-7-8(3)5-2;1-3-5-7-8-6-4-2;1-6-3-4-7(2)5-6;1-6(2)5-7(3)4;1-4-6-7(3)5-2;1-3-5-7-6-4-2;1-5-3-6(2)4-5;1-4-5-6(2)3;1-3-5-6-4-2;1-4-3-5(4)2;1-4-5(2)3;1-3-4-2;1-3-2/h7-8H,3-6H2,1-2H3;8H,4-7H2,1-3H3;3-8H2,1-2H3;6-7H,3-5H2,1-2H3;6-7H,5H2,1-4H3;7H,4-6H2,1-3H3;3-7H2,1-2H3;5-6H,3-4H2,1-2H3;6H,4-5H2,1-3H3;3-6H2,1-2H3;4-5H,3H2,1-2H3;5H,4H2,1-3H3;3-4H2,1-2H3;3H2,1-2H3. The minimum Gasteiger partial charge on any atom is -0.0656 e. The third-order valence-corrected chi connectivity index (χ3v) is 17.4. The van der Waals surface area contributed by atoms with E-state index in [1.54, 1.807) is 0 Å². The van der Waals surface area contributed by atoms with Gasteiger partial charge in [0.25, 0.3) is 0 Å². The Morgan fingerprint density at radius 2 is 0.471 bits per heavy atom. The van der Waals surface area contributed by atoms with Gasteiger partial charge in [-0.2, -0.15) is 0 Å². The molecule has 542 valence electrons. The Kier molecular flexibility index (Phi) is 118. The van der Waals surface area contributed by atoms with Crippen molar-refractivity contribution < 1.29 is 0 Å². The minimum absolute atomic E-state index is 0.875. The van der Waals surface area contributed by atoms with E-state index in [9.17, 15) is 0 Å².